The topological polar surface area (TPSA) is 30.7 Å². The van der Waals surface area contributed by atoms with E-state index in [-0.39, 0.29) is 0 Å². The molecule has 105 valence electrons. The molecule has 0 bridgehead atoms. The first-order valence-electron chi connectivity index (χ1n) is 6.37. The van der Waals surface area contributed by atoms with E-state index < -0.39 is 0 Å². The van der Waals surface area contributed by atoms with Gasteiger partial charge in [-0.05, 0) is 42.8 Å². The molecule has 0 aliphatic carbocycles. The van der Waals surface area contributed by atoms with Gasteiger partial charge in [-0.25, -0.2) is 4.98 Å². The third-order valence-corrected chi connectivity index (χ3v) is 3.80. The van der Waals surface area contributed by atoms with Crippen LogP contribution in [0.1, 0.15) is 11.3 Å². The van der Waals surface area contributed by atoms with Gasteiger partial charge in [0.05, 0.1) is 6.54 Å². The standard InChI is InChI=1S/C16H12Cl2N3/c1-11-8-20-16(12-3-2-6-19-9-12)21(11)10-13-7-14(17)4-5-15(13)18/h2-9H,1,10H2. The highest BCUT2D eigenvalue weighted by Crippen LogP contribution is 2.25. The normalized spacial score (nSPS) is 10.8. The van der Waals surface area contributed by atoms with E-state index in [0.717, 1.165) is 22.6 Å². The molecule has 1 radical (unpaired) electrons. The van der Waals surface area contributed by atoms with Crippen molar-refractivity contribution >= 4 is 23.2 Å². The highest BCUT2D eigenvalue weighted by molar-refractivity contribution is 6.33. The minimum absolute atomic E-state index is 0.558. The lowest BCUT2D eigenvalue weighted by Gasteiger charge is -2.12. The maximum atomic E-state index is 6.24. The van der Waals surface area contributed by atoms with Crippen LogP contribution in [0.25, 0.3) is 11.4 Å². The molecule has 0 atom stereocenters. The molecule has 0 aliphatic rings. The highest BCUT2D eigenvalue weighted by atomic mass is 35.5. The molecule has 0 spiro atoms. The van der Waals surface area contributed by atoms with Gasteiger partial charge >= 0.3 is 0 Å². The summed E-state index contributed by atoms with van der Waals surface area (Å²) in [6.07, 6.45) is 5.24. The van der Waals surface area contributed by atoms with Gasteiger partial charge in [-0.2, -0.15) is 0 Å². The highest BCUT2D eigenvalue weighted by Gasteiger charge is 2.11. The monoisotopic (exact) mass is 316 g/mol. The van der Waals surface area contributed by atoms with E-state index in [4.69, 9.17) is 23.2 Å². The molecule has 5 heteroatoms. The van der Waals surface area contributed by atoms with Crippen LogP contribution >= 0.6 is 23.2 Å². The number of imidazole rings is 1. The number of halogens is 2. The van der Waals surface area contributed by atoms with Crippen LogP contribution in [0.4, 0.5) is 0 Å². The first kappa shape index (κ1) is 14.1. The van der Waals surface area contributed by atoms with Gasteiger partial charge in [-0.15, -0.1) is 0 Å². The van der Waals surface area contributed by atoms with Gasteiger partial charge in [0.2, 0.25) is 0 Å². The number of hydrogen-bond acceptors (Lipinski definition) is 2. The molecule has 0 unspecified atom stereocenters. The summed E-state index contributed by atoms with van der Waals surface area (Å²) in [5, 5.41) is 1.33. The van der Waals surface area contributed by atoms with Crippen molar-refractivity contribution in [2.24, 2.45) is 0 Å². The SMILES string of the molecule is [CH2]c1cnc(-c2cccnc2)n1Cc1cc(Cl)ccc1Cl. The number of pyridine rings is 1. The molecule has 2 heterocycles. The smallest absolute Gasteiger partial charge is 0.141 e. The number of benzene rings is 1. The number of rotatable bonds is 3. The number of hydrogen-bond donors (Lipinski definition) is 0. The lowest BCUT2D eigenvalue weighted by molar-refractivity contribution is 0.792. The maximum absolute atomic E-state index is 6.24. The van der Waals surface area contributed by atoms with E-state index in [1.54, 1.807) is 30.7 Å². The minimum Gasteiger partial charge on any atom is -0.324 e. The molecule has 0 N–H and O–H groups in total. The predicted octanol–water partition coefficient (Wildman–Crippen LogP) is 4.48. The third-order valence-electron chi connectivity index (χ3n) is 3.19. The maximum Gasteiger partial charge on any atom is 0.141 e. The Hall–Kier alpha value is -1.84. The molecule has 0 saturated carbocycles. The molecule has 1 aromatic carbocycles. The Morgan fingerprint density at radius 2 is 2.00 bits per heavy atom. The summed E-state index contributed by atoms with van der Waals surface area (Å²) in [6, 6.07) is 9.27. The zero-order valence-corrected chi connectivity index (χ0v) is 12.6. The Kier molecular flexibility index (Phi) is 3.95. The average Bonchev–Trinajstić information content (AvgIpc) is 2.85. The molecule has 0 amide bonds. The summed E-state index contributed by atoms with van der Waals surface area (Å²) in [5.74, 6) is 0.809. The molecule has 21 heavy (non-hydrogen) atoms. The molecule has 3 rings (SSSR count). The fourth-order valence-electron chi connectivity index (χ4n) is 2.15. The van der Waals surface area contributed by atoms with E-state index in [1.807, 2.05) is 22.8 Å². The van der Waals surface area contributed by atoms with Crippen molar-refractivity contribution in [2.45, 2.75) is 6.54 Å². The van der Waals surface area contributed by atoms with E-state index >= 15 is 0 Å². The molecule has 3 aromatic rings. The summed E-state index contributed by atoms with van der Waals surface area (Å²) in [6.45, 7) is 4.58. The zero-order valence-electron chi connectivity index (χ0n) is 11.1. The van der Waals surface area contributed by atoms with Crippen LogP contribution in [-0.2, 0) is 6.54 Å². The summed E-state index contributed by atoms with van der Waals surface area (Å²) in [5.41, 5.74) is 2.67. The molecular weight excluding hydrogens is 305 g/mol. The van der Waals surface area contributed by atoms with Crippen LogP contribution in [0.5, 0.6) is 0 Å². The second-order valence-electron chi connectivity index (χ2n) is 4.64. The Morgan fingerprint density at radius 1 is 1.14 bits per heavy atom. The van der Waals surface area contributed by atoms with Crippen LogP contribution in [0.3, 0.4) is 0 Å². The largest absolute Gasteiger partial charge is 0.324 e. The Balaban J connectivity index is 2.03. The Morgan fingerprint density at radius 3 is 2.76 bits per heavy atom. The quantitative estimate of drug-likeness (QED) is 0.713. The van der Waals surface area contributed by atoms with Crippen LogP contribution in [0.15, 0.2) is 48.9 Å². The Bertz CT molecular complexity index is 766. The van der Waals surface area contributed by atoms with Gasteiger partial charge < -0.3 is 4.57 Å². The zero-order chi connectivity index (χ0) is 14.8. The van der Waals surface area contributed by atoms with E-state index in [0.29, 0.717) is 16.6 Å². The van der Waals surface area contributed by atoms with Crippen molar-refractivity contribution in [1.82, 2.24) is 14.5 Å². The van der Waals surface area contributed by atoms with Crippen molar-refractivity contribution in [3.63, 3.8) is 0 Å². The van der Waals surface area contributed by atoms with Crippen molar-refractivity contribution in [3.8, 4) is 11.4 Å². The van der Waals surface area contributed by atoms with E-state index in [9.17, 15) is 0 Å². The van der Waals surface area contributed by atoms with Crippen molar-refractivity contribution in [1.29, 1.82) is 0 Å². The molecule has 2 aromatic heterocycles. The van der Waals surface area contributed by atoms with E-state index in [2.05, 4.69) is 16.9 Å². The van der Waals surface area contributed by atoms with Gasteiger partial charge in [0.25, 0.3) is 0 Å². The summed E-state index contributed by atoms with van der Waals surface area (Å²) < 4.78 is 1.99. The van der Waals surface area contributed by atoms with Crippen molar-refractivity contribution < 1.29 is 0 Å². The van der Waals surface area contributed by atoms with Gasteiger partial charge in [0.1, 0.15) is 5.82 Å². The van der Waals surface area contributed by atoms with Gasteiger partial charge in [0.15, 0.2) is 0 Å². The van der Waals surface area contributed by atoms with Gasteiger partial charge in [-0.3, -0.25) is 4.98 Å². The van der Waals surface area contributed by atoms with Crippen LogP contribution in [0, 0.1) is 6.92 Å². The fourth-order valence-corrected chi connectivity index (χ4v) is 2.52. The molecule has 3 nitrogen and oxygen atoms in total. The summed E-state index contributed by atoms with van der Waals surface area (Å²) in [7, 11) is 0. The first-order valence-corrected chi connectivity index (χ1v) is 7.12. The van der Waals surface area contributed by atoms with Crippen molar-refractivity contribution in [2.75, 3.05) is 0 Å². The van der Waals surface area contributed by atoms with Crippen LogP contribution in [0.2, 0.25) is 10.0 Å². The number of aromatic nitrogens is 3. The second kappa shape index (κ2) is 5.88. The van der Waals surface area contributed by atoms with Gasteiger partial charge in [0, 0.05) is 39.9 Å². The third kappa shape index (κ3) is 2.94. The second-order valence-corrected chi connectivity index (χ2v) is 5.48. The molecule has 0 saturated heterocycles. The lowest BCUT2D eigenvalue weighted by atomic mass is 10.2. The molecule has 0 fully saturated rings. The predicted molar refractivity (Wildman–Crippen MR) is 85.5 cm³/mol. The van der Waals surface area contributed by atoms with E-state index in [1.165, 1.54) is 0 Å². The summed E-state index contributed by atoms with van der Waals surface area (Å²) in [4.78, 5) is 8.55. The molecular formula is C16H12Cl2N3. The van der Waals surface area contributed by atoms with Crippen molar-refractivity contribution in [3.05, 3.63) is 77.1 Å². The fraction of sp³-hybridized carbons (Fsp3) is 0.0625. The van der Waals surface area contributed by atoms with Gasteiger partial charge in [-0.1, -0.05) is 23.2 Å². The molecule has 0 aliphatic heterocycles. The summed E-state index contributed by atoms with van der Waals surface area (Å²) >= 11 is 12.3. The average molecular weight is 317 g/mol. The minimum atomic E-state index is 0.558. The Labute approximate surface area is 133 Å². The van der Waals surface area contributed by atoms with Crippen LogP contribution < -0.4 is 0 Å². The number of nitrogens with zero attached hydrogens (tertiary/aromatic N) is 3. The first-order chi connectivity index (χ1) is 10.1. The lowest BCUT2D eigenvalue weighted by Crippen LogP contribution is -2.05. The van der Waals surface area contributed by atoms with Crippen LogP contribution in [-0.4, -0.2) is 14.5 Å².